The zero-order chi connectivity index (χ0) is 19.0. The van der Waals surface area contributed by atoms with E-state index in [4.69, 9.17) is 4.74 Å². The van der Waals surface area contributed by atoms with Crippen LogP contribution >= 0.6 is 0 Å². The number of fused-ring (bicyclic) bond motifs is 1. The molecular formula is C19H27N5O3. The van der Waals surface area contributed by atoms with Crippen molar-refractivity contribution in [1.29, 1.82) is 0 Å². The Balaban J connectivity index is 1.43. The molecule has 3 heterocycles. The molecule has 2 aromatic rings. The van der Waals surface area contributed by atoms with Crippen molar-refractivity contribution in [3.63, 3.8) is 0 Å². The van der Waals surface area contributed by atoms with Crippen molar-refractivity contribution in [3.8, 4) is 0 Å². The lowest BCUT2D eigenvalue weighted by atomic mass is 10.1. The van der Waals surface area contributed by atoms with Gasteiger partial charge in [0.05, 0.1) is 36.3 Å². The number of ether oxygens (including phenoxy) is 1. The zero-order valence-electron chi connectivity index (χ0n) is 15.9. The standard InChI is InChI=1S/C19H27N5O3/c1-22-15-7-6-13(10-16(15)23(2)19(22)26)20-18(25)21-14-11-27-12-17(14)24-8-4-3-5-9-24/h6-7,10,14,17H,3-5,8-9,11-12H2,1-2H3,(H2,20,21,25). The first kappa shape index (κ1) is 18.1. The molecule has 1 aromatic heterocycles. The molecule has 146 valence electrons. The molecule has 0 spiro atoms. The molecule has 27 heavy (non-hydrogen) atoms. The van der Waals surface area contributed by atoms with E-state index in [0.29, 0.717) is 18.9 Å². The third-order valence-corrected chi connectivity index (χ3v) is 5.76. The maximum absolute atomic E-state index is 12.5. The Morgan fingerprint density at radius 3 is 2.59 bits per heavy atom. The Morgan fingerprint density at radius 1 is 1.07 bits per heavy atom. The second-order valence-corrected chi connectivity index (χ2v) is 7.51. The molecule has 2 aliphatic heterocycles. The number of benzene rings is 1. The highest BCUT2D eigenvalue weighted by Gasteiger charge is 2.34. The van der Waals surface area contributed by atoms with Crippen molar-refractivity contribution in [1.82, 2.24) is 19.4 Å². The number of hydrogen-bond acceptors (Lipinski definition) is 4. The maximum Gasteiger partial charge on any atom is 0.328 e. The summed E-state index contributed by atoms with van der Waals surface area (Å²) in [6.45, 7) is 3.36. The summed E-state index contributed by atoms with van der Waals surface area (Å²) in [5.41, 5.74) is 2.20. The van der Waals surface area contributed by atoms with Gasteiger partial charge in [-0.15, -0.1) is 0 Å². The lowest BCUT2D eigenvalue weighted by Gasteiger charge is -2.34. The van der Waals surface area contributed by atoms with Crippen LogP contribution in [-0.2, 0) is 18.8 Å². The molecular weight excluding hydrogens is 346 g/mol. The van der Waals surface area contributed by atoms with Crippen molar-refractivity contribution in [3.05, 3.63) is 28.7 Å². The van der Waals surface area contributed by atoms with E-state index in [1.165, 1.54) is 19.3 Å². The molecule has 0 saturated carbocycles. The number of carbonyl (C=O) groups is 1. The molecule has 4 rings (SSSR count). The van der Waals surface area contributed by atoms with Gasteiger partial charge >= 0.3 is 11.7 Å². The van der Waals surface area contributed by atoms with Crippen molar-refractivity contribution >= 4 is 22.8 Å². The smallest absolute Gasteiger partial charge is 0.328 e. The lowest BCUT2D eigenvalue weighted by Crippen LogP contribution is -2.53. The van der Waals surface area contributed by atoms with Crippen LogP contribution in [0.3, 0.4) is 0 Å². The Hall–Kier alpha value is -2.32. The molecule has 2 N–H and O–H groups in total. The number of aryl methyl sites for hydroxylation is 2. The summed E-state index contributed by atoms with van der Waals surface area (Å²) >= 11 is 0. The minimum absolute atomic E-state index is 0.00656. The summed E-state index contributed by atoms with van der Waals surface area (Å²) in [7, 11) is 3.47. The first-order valence-corrected chi connectivity index (χ1v) is 9.59. The number of carbonyl (C=O) groups excluding carboxylic acids is 1. The SMILES string of the molecule is Cn1c(=O)n(C)c2cc(NC(=O)NC3COCC3N3CCCCC3)ccc21. The van der Waals surface area contributed by atoms with Crippen LogP contribution in [0.4, 0.5) is 10.5 Å². The lowest BCUT2D eigenvalue weighted by molar-refractivity contribution is 0.125. The largest absolute Gasteiger partial charge is 0.378 e. The minimum atomic E-state index is -0.243. The van der Waals surface area contributed by atoms with Gasteiger partial charge in [0, 0.05) is 19.8 Å². The van der Waals surface area contributed by atoms with Crippen LogP contribution in [0, 0.1) is 0 Å². The van der Waals surface area contributed by atoms with E-state index in [9.17, 15) is 9.59 Å². The normalized spacial score (nSPS) is 23.6. The molecule has 2 aliphatic rings. The highest BCUT2D eigenvalue weighted by atomic mass is 16.5. The van der Waals surface area contributed by atoms with E-state index >= 15 is 0 Å². The number of hydrogen-bond donors (Lipinski definition) is 2. The Morgan fingerprint density at radius 2 is 1.81 bits per heavy atom. The van der Waals surface area contributed by atoms with Gasteiger partial charge < -0.3 is 15.4 Å². The fourth-order valence-electron chi connectivity index (χ4n) is 4.21. The average Bonchev–Trinajstić information content (AvgIpc) is 3.22. The van der Waals surface area contributed by atoms with Crippen LogP contribution in [0.25, 0.3) is 11.0 Å². The first-order valence-electron chi connectivity index (χ1n) is 9.59. The second kappa shape index (κ2) is 7.36. The number of aromatic nitrogens is 2. The summed E-state index contributed by atoms with van der Waals surface area (Å²) in [6, 6.07) is 5.48. The number of likely N-dealkylation sites (tertiary alicyclic amines) is 1. The van der Waals surface area contributed by atoms with Crippen LogP contribution in [0.1, 0.15) is 19.3 Å². The molecule has 8 heteroatoms. The van der Waals surface area contributed by atoms with Gasteiger partial charge in [0.2, 0.25) is 0 Å². The molecule has 0 aliphatic carbocycles. The first-order chi connectivity index (χ1) is 13.0. The number of nitrogens with zero attached hydrogens (tertiary/aromatic N) is 3. The number of amides is 2. The zero-order valence-corrected chi connectivity index (χ0v) is 15.9. The van der Waals surface area contributed by atoms with Crippen LogP contribution in [0.5, 0.6) is 0 Å². The van der Waals surface area contributed by atoms with Gasteiger partial charge in [-0.3, -0.25) is 14.0 Å². The summed E-state index contributed by atoms with van der Waals surface area (Å²) < 4.78 is 8.81. The van der Waals surface area contributed by atoms with E-state index in [-0.39, 0.29) is 23.8 Å². The van der Waals surface area contributed by atoms with E-state index in [2.05, 4.69) is 15.5 Å². The van der Waals surface area contributed by atoms with Gasteiger partial charge in [-0.05, 0) is 44.1 Å². The molecule has 2 unspecified atom stereocenters. The average molecular weight is 373 g/mol. The molecule has 0 bridgehead atoms. The Labute approximate surface area is 158 Å². The monoisotopic (exact) mass is 373 g/mol. The Bertz CT molecular complexity index is 897. The molecule has 8 nitrogen and oxygen atoms in total. The van der Waals surface area contributed by atoms with Crippen LogP contribution in [0.15, 0.2) is 23.0 Å². The highest BCUT2D eigenvalue weighted by Crippen LogP contribution is 2.20. The van der Waals surface area contributed by atoms with Crippen LogP contribution in [0.2, 0.25) is 0 Å². The molecule has 2 saturated heterocycles. The number of piperidine rings is 1. The van der Waals surface area contributed by atoms with E-state index in [0.717, 1.165) is 24.1 Å². The van der Waals surface area contributed by atoms with Crippen molar-refractivity contribution in [2.75, 3.05) is 31.6 Å². The third kappa shape index (κ3) is 3.46. The quantitative estimate of drug-likeness (QED) is 0.849. The minimum Gasteiger partial charge on any atom is -0.378 e. The summed E-state index contributed by atoms with van der Waals surface area (Å²) in [6.07, 6.45) is 3.71. The van der Waals surface area contributed by atoms with Crippen molar-refractivity contribution < 1.29 is 9.53 Å². The Kier molecular flexibility index (Phi) is 4.92. The summed E-state index contributed by atoms with van der Waals surface area (Å²) in [5.74, 6) is 0. The number of rotatable bonds is 3. The molecule has 2 amide bonds. The number of imidazole rings is 1. The fourth-order valence-corrected chi connectivity index (χ4v) is 4.21. The van der Waals surface area contributed by atoms with Crippen molar-refractivity contribution in [2.45, 2.75) is 31.3 Å². The predicted octanol–water partition coefficient (Wildman–Crippen LogP) is 1.25. The van der Waals surface area contributed by atoms with Crippen LogP contribution < -0.4 is 16.3 Å². The molecule has 0 radical (unpaired) electrons. The fraction of sp³-hybridized carbons (Fsp3) is 0.579. The van der Waals surface area contributed by atoms with Crippen molar-refractivity contribution in [2.24, 2.45) is 14.1 Å². The van der Waals surface area contributed by atoms with Crippen LogP contribution in [-0.4, -0.2) is 58.5 Å². The maximum atomic E-state index is 12.5. The van der Waals surface area contributed by atoms with Gasteiger partial charge in [0.25, 0.3) is 0 Å². The highest BCUT2D eigenvalue weighted by molar-refractivity contribution is 5.92. The van der Waals surface area contributed by atoms with E-state index < -0.39 is 0 Å². The van der Waals surface area contributed by atoms with Gasteiger partial charge in [-0.2, -0.15) is 0 Å². The third-order valence-electron chi connectivity index (χ3n) is 5.76. The van der Waals surface area contributed by atoms with Gasteiger partial charge in [0.15, 0.2) is 0 Å². The summed E-state index contributed by atoms with van der Waals surface area (Å²) in [5, 5.41) is 5.96. The van der Waals surface area contributed by atoms with E-state index in [1.807, 2.05) is 18.2 Å². The predicted molar refractivity (Wildman–Crippen MR) is 104 cm³/mol. The number of anilines is 1. The molecule has 1 aromatic carbocycles. The topological polar surface area (TPSA) is 80.5 Å². The molecule has 2 fully saturated rings. The number of urea groups is 1. The van der Waals surface area contributed by atoms with Gasteiger partial charge in [-0.1, -0.05) is 6.42 Å². The van der Waals surface area contributed by atoms with E-state index in [1.54, 1.807) is 23.2 Å². The number of nitrogens with one attached hydrogen (secondary N) is 2. The molecule has 2 atom stereocenters. The summed E-state index contributed by atoms with van der Waals surface area (Å²) in [4.78, 5) is 27.0. The second-order valence-electron chi connectivity index (χ2n) is 7.51. The van der Waals surface area contributed by atoms with Gasteiger partial charge in [0.1, 0.15) is 0 Å². The van der Waals surface area contributed by atoms with Gasteiger partial charge in [-0.25, -0.2) is 9.59 Å².